The van der Waals surface area contributed by atoms with Gasteiger partial charge in [0.25, 0.3) is 0 Å². The average molecular weight is 316 g/mol. The minimum atomic E-state index is -3.64. The summed E-state index contributed by atoms with van der Waals surface area (Å²) in [5, 5.41) is 13.4. The molecule has 0 radical (unpaired) electrons. The van der Waals surface area contributed by atoms with E-state index in [1.165, 1.54) is 28.4 Å². The van der Waals surface area contributed by atoms with Gasteiger partial charge in [-0.2, -0.15) is 5.10 Å². The molecule has 0 aliphatic rings. The molecule has 2 rings (SSSR count). The molecular formula is C11H16N4O3S2. The van der Waals surface area contributed by atoms with Crippen LogP contribution < -0.4 is 4.72 Å². The Hall–Kier alpha value is -1.29. The van der Waals surface area contributed by atoms with Crippen LogP contribution in [0.3, 0.4) is 0 Å². The number of rotatable bonds is 6. The summed E-state index contributed by atoms with van der Waals surface area (Å²) in [5.41, 5.74) is 0. The maximum atomic E-state index is 12.2. The SMILES string of the molecule is Cc1cnc(C(C)NS(=O)(=O)c2cnn(CCO)c2)s1. The Labute approximate surface area is 121 Å². The minimum absolute atomic E-state index is 0.0751. The molecule has 0 bridgehead atoms. The summed E-state index contributed by atoms with van der Waals surface area (Å²) >= 11 is 1.45. The fourth-order valence-electron chi connectivity index (χ4n) is 1.63. The third-order valence-corrected chi connectivity index (χ3v) is 5.18. The maximum absolute atomic E-state index is 12.2. The number of aliphatic hydroxyl groups excluding tert-OH is 1. The lowest BCUT2D eigenvalue weighted by Crippen LogP contribution is -2.26. The van der Waals surface area contributed by atoms with Crippen LogP contribution in [0.5, 0.6) is 0 Å². The van der Waals surface area contributed by atoms with Crippen LogP contribution in [0.25, 0.3) is 0 Å². The zero-order valence-corrected chi connectivity index (χ0v) is 12.8. The molecular weight excluding hydrogens is 300 g/mol. The van der Waals surface area contributed by atoms with Crippen molar-refractivity contribution in [1.29, 1.82) is 0 Å². The highest BCUT2D eigenvalue weighted by atomic mass is 32.2. The van der Waals surface area contributed by atoms with Crippen molar-refractivity contribution in [1.82, 2.24) is 19.5 Å². The third kappa shape index (κ3) is 3.42. The van der Waals surface area contributed by atoms with Gasteiger partial charge in [-0.15, -0.1) is 11.3 Å². The van der Waals surface area contributed by atoms with Gasteiger partial charge in [-0.3, -0.25) is 4.68 Å². The van der Waals surface area contributed by atoms with Crippen LogP contribution in [0, 0.1) is 6.92 Å². The smallest absolute Gasteiger partial charge is 0.244 e. The molecule has 1 atom stereocenters. The van der Waals surface area contributed by atoms with Gasteiger partial charge in [0.15, 0.2) is 0 Å². The van der Waals surface area contributed by atoms with Gasteiger partial charge in [0, 0.05) is 17.3 Å². The largest absolute Gasteiger partial charge is 0.394 e. The van der Waals surface area contributed by atoms with Crippen LogP contribution in [0.15, 0.2) is 23.5 Å². The van der Waals surface area contributed by atoms with Crippen molar-refractivity contribution in [3.05, 3.63) is 28.5 Å². The van der Waals surface area contributed by atoms with Crippen molar-refractivity contribution in [2.24, 2.45) is 0 Å². The standard InChI is InChI=1S/C11H16N4O3S2/c1-8-5-12-11(19-8)9(2)14-20(17,18)10-6-13-15(7-10)3-4-16/h5-7,9,14,16H,3-4H2,1-2H3. The van der Waals surface area contributed by atoms with Gasteiger partial charge in [-0.25, -0.2) is 18.1 Å². The summed E-state index contributed by atoms with van der Waals surface area (Å²) in [6.45, 7) is 3.83. The van der Waals surface area contributed by atoms with Crippen molar-refractivity contribution < 1.29 is 13.5 Å². The van der Waals surface area contributed by atoms with Gasteiger partial charge in [-0.1, -0.05) is 0 Å². The van der Waals surface area contributed by atoms with E-state index in [-0.39, 0.29) is 18.0 Å². The van der Waals surface area contributed by atoms with Gasteiger partial charge < -0.3 is 5.11 Å². The Morgan fingerprint density at radius 1 is 1.50 bits per heavy atom. The minimum Gasteiger partial charge on any atom is -0.394 e. The van der Waals surface area contributed by atoms with E-state index in [4.69, 9.17) is 5.11 Å². The highest BCUT2D eigenvalue weighted by Crippen LogP contribution is 2.21. The van der Waals surface area contributed by atoms with Crippen LogP contribution in [0.1, 0.15) is 22.9 Å². The topological polar surface area (TPSA) is 97.1 Å². The highest BCUT2D eigenvalue weighted by molar-refractivity contribution is 7.89. The molecule has 7 nitrogen and oxygen atoms in total. The first-order chi connectivity index (χ1) is 9.42. The zero-order chi connectivity index (χ0) is 14.8. The van der Waals surface area contributed by atoms with Crippen molar-refractivity contribution in [2.75, 3.05) is 6.61 Å². The van der Waals surface area contributed by atoms with Gasteiger partial charge in [0.2, 0.25) is 10.0 Å². The van der Waals surface area contributed by atoms with E-state index in [2.05, 4.69) is 14.8 Å². The van der Waals surface area contributed by atoms with Crippen LogP contribution in [0.2, 0.25) is 0 Å². The third-order valence-electron chi connectivity index (χ3n) is 2.59. The quantitative estimate of drug-likeness (QED) is 0.817. The molecule has 9 heteroatoms. The molecule has 0 aliphatic carbocycles. The number of nitrogens with zero attached hydrogens (tertiary/aromatic N) is 3. The number of aliphatic hydroxyl groups is 1. The number of hydrogen-bond donors (Lipinski definition) is 2. The van der Waals surface area contributed by atoms with Gasteiger partial charge in [0.1, 0.15) is 9.90 Å². The maximum Gasteiger partial charge on any atom is 0.244 e. The Morgan fingerprint density at radius 2 is 2.25 bits per heavy atom. The lowest BCUT2D eigenvalue weighted by atomic mass is 10.4. The second-order valence-electron chi connectivity index (χ2n) is 4.31. The van der Waals surface area contributed by atoms with E-state index < -0.39 is 16.1 Å². The van der Waals surface area contributed by atoms with Crippen LogP contribution >= 0.6 is 11.3 Å². The van der Waals surface area contributed by atoms with E-state index in [1.807, 2.05) is 6.92 Å². The number of sulfonamides is 1. The fraction of sp³-hybridized carbons (Fsp3) is 0.455. The van der Waals surface area contributed by atoms with E-state index in [0.717, 1.165) is 4.88 Å². The molecule has 110 valence electrons. The van der Waals surface area contributed by atoms with E-state index in [9.17, 15) is 8.42 Å². The summed E-state index contributed by atoms with van der Waals surface area (Å²) in [7, 11) is -3.64. The Balaban J connectivity index is 2.13. The molecule has 2 aromatic rings. The lowest BCUT2D eigenvalue weighted by molar-refractivity contribution is 0.269. The number of thiazole rings is 1. The summed E-state index contributed by atoms with van der Waals surface area (Å²) in [6, 6.07) is -0.403. The second-order valence-corrected chi connectivity index (χ2v) is 7.30. The highest BCUT2D eigenvalue weighted by Gasteiger charge is 2.21. The van der Waals surface area contributed by atoms with E-state index in [1.54, 1.807) is 13.1 Å². The Morgan fingerprint density at radius 3 is 2.85 bits per heavy atom. The molecule has 0 amide bonds. The summed E-state index contributed by atoms with van der Waals surface area (Å²) in [5.74, 6) is 0. The monoisotopic (exact) mass is 316 g/mol. The average Bonchev–Trinajstić information content (AvgIpc) is 2.98. The number of hydrogen-bond acceptors (Lipinski definition) is 6. The zero-order valence-electron chi connectivity index (χ0n) is 11.1. The van der Waals surface area contributed by atoms with Crippen LogP contribution in [-0.4, -0.2) is 34.9 Å². The molecule has 2 heterocycles. The van der Waals surface area contributed by atoms with Crippen molar-refractivity contribution in [3.8, 4) is 0 Å². The lowest BCUT2D eigenvalue weighted by Gasteiger charge is -2.10. The Kier molecular flexibility index (Phi) is 4.53. The van der Waals surface area contributed by atoms with Gasteiger partial charge >= 0.3 is 0 Å². The predicted octanol–water partition coefficient (Wildman–Crippen LogP) is 0.680. The first-order valence-electron chi connectivity index (χ1n) is 6.00. The summed E-state index contributed by atoms with van der Waals surface area (Å²) in [6.07, 6.45) is 4.36. The van der Waals surface area contributed by atoms with Crippen molar-refractivity contribution >= 4 is 21.4 Å². The van der Waals surface area contributed by atoms with E-state index >= 15 is 0 Å². The second kappa shape index (κ2) is 6.00. The molecule has 20 heavy (non-hydrogen) atoms. The normalized spacial score (nSPS) is 13.6. The molecule has 0 saturated heterocycles. The Bertz CT molecular complexity index is 677. The first kappa shape index (κ1) is 15.1. The number of aromatic nitrogens is 3. The van der Waals surface area contributed by atoms with Gasteiger partial charge in [-0.05, 0) is 13.8 Å². The molecule has 0 saturated carbocycles. The molecule has 0 aromatic carbocycles. The fourth-order valence-corrected chi connectivity index (χ4v) is 3.64. The molecule has 2 N–H and O–H groups in total. The van der Waals surface area contributed by atoms with Gasteiger partial charge in [0.05, 0.1) is 25.4 Å². The molecule has 0 spiro atoms. The van der Waals surface area contributed by atoms with Crippen LogP contribution in [0.4, 0.5) is 0 Å². The van der Waals surface area contributed by atoms with Crippen molar-refractivity contribution in [2.45, 2.75) is 31.3 Å². The van der Waals surface area contributed by atoms with Crippen molar-refractivity contribution in [3.63, 3.8) is 0 Å². The first-order valence-corrected chi connectivity index (χ1v) is 8.30. The number of aryl methyl sites for hydroxylation is 1. The summed E-state index contributed by atoms with van der Waals surface area (Å²) < 4.78 is 28.3. The molecule has 1 unspecified atom stereocenters. The molecule has 0 aliphatic heterocycles. The number of nitrogens with one attached hydrogen (secondary N) is 1. The molecule has 0 fully saturated rings. The summed E-state index contributed by atoms with van der Waals surface area (Å²) in [4.78, 5) is 5.27. The van der Waals surface area contributed by atoms with E-state index in [0.29, 0.717) is 5.01 Å². The predicted molar refractivity (Wildman–Crippen MR) is 74.9 cm³/mol. The van der Waals surface area contributed by atoms with Crippen LogP contribution in [-0.2, 0) is 16.6 Å². The molecule has 2 aromatic heterocycles.